The number of rotatable bonds is 11. The molecule has 1 saturated heterocycles. The Labute approximate surface area is 190 Å². The zero-order valence-electron chi connectivity index (χ0n) is 19.4. The summed E-state index contributed by atoms with van der Waals surface area (Å²) >= 11 is 0. The molecular formula is C24H35N3O5. The van der Waals surface area contributed by atoms with Crippen LogP contribution in [0.4, 0.5) is 5.69 Å². The number of anilines is 1. The Balaban J connectivity index is 1.54. The molecule has 1 aliphatic heterocycles. The molecule has 2 unspecified atom stereocenters. The summed E-state index contributed by atoms with van der Waals surface area (Å²) in [6.45, 7) is 7.56. The van der Waals surface area contributed by atoms with Crippen molar-refractivity contribution in [1.29, 1.82) is 0 Å². The van der Waals surface area contributed by atoms with Crippen LogP contribution in [0.15, 0.2) is 18.2 Å². The van der Waals surface area contributed by atoms with Crippen LogP contribution in [0.5, 0.6) is 11.5 Å². The van der Waals surface area contributed by atoms with Crippen molar-refractivity contribution in [3.05, 3.63) is 18.2 Å². The van der Waals surface area contributed by atoms with Crippen LogP contribution in [0.25, 0.3) is 0 Å². The van der Waals surface area contributed by atoms with E-state index in [0.717, 1.165) is 45.3 Å². The molecule has 8 heteroatoms. The maximum Gasteiger partial charge on any atom is 0.233 e. The number of imide groups is 1. The zero-order valence-corrected chi connectivity index (χ0v) is 19.4. The van der Waals surface area contributed by atoms with Gasteiger partial charge in [-0.15, -0.1) is 0 Å². The van der Waals surface area contributed by atoms with Crippen molar-refractivity contribution in [3.8, 4) is 11.5 Å². The highest BCUT2D eigenvalue weighted by Crippen LogP contribution is 2.38. The molecule has 3 rings (SSSR count). The number of hydrogen-bond donors (Lipinski definition) is 1. The minimum absolute atomic E-state index is 0.0705. The normalized spacial score (nSPS) is 20.4. The predicted molar refractivity (Wildman–Crippen MR) is 122 cm³/mol. The summed E-state index contributed by atoms with van der Waals surface area (Å²) in [6, 6.07) is 5.23. The molecule has 1 aromatic rings. The molecule has 1 saturated carbocycles. The van der Waals surface area contributed by atoms with Crippen molar-refractivity contribution in [1.82, 2.24) is 9.80 Å². The number of ether oxygens (including phenoxy) is 2. The summed E-state index contributed by atoms with van der Waals surface area (Å²) in [5, 5.41) is 2.84. The van der Waals surface area contributed by atoms with Crippen molar-refractivity contribution in [3.63, 3.8) is 0 Å². The number of nitrogens with one attached hydrogen (secondary N) is 1. The van der Waals surface area contributed by atoms with E-state index >= 15 is 0 Å². The molecule has 1 heterocycles. The van der Waals surface area contributed by atoms with Crippen LogP contribution in [0.3, 0.4) is 0 Å². The maximum absolute atomic E-state index is 12.6. The van der Waals surface area contributed by atoms with E-state index in [1.165, 1.54) is 4.90 Å². The van der Waals surface area contributed by atoms with E-state index in [1.807, 2.05) is 0 Å². The van der Waals surface area contributed by atoms with Gasteiger partial charge in [-0.25, -0.2) is 0 Å². The molecule has 1 aliphatic carbocycles. The number of nitrogens with zero attached hydrogens (tertiary/aromatic N) is 2. The summed E-state index contributed by atoms with van der Waals surface area (Å²) in [4.78, 5) is 41.2. The van der Waals surface area contributed by atoms with Gasteiger partial charge in [0.15, 0.2) is 11.5 Å². The number of likely N-dealkylation sites (tertiary alicyclic amines) is 1. The first kappa shape index (κ1) is 24.0. The third-order valence-corrected chi connectivity index (χ3v) is 6.50. The van der Waals surface area contributed by atoms with Gasteiger partial charge in [-0.1, -0.05) is 26.7 Å². The molecule has 176 valence electrons. The summed E-state index contributed by atoms with van der Waals surface area (Å²) in [7, 11) is 1.58. The van der Waals surface area contributed by atoms with Crippen molar-refractivity contribution >= 4 is 23.4 Å². The van der Waals surface area contributed by atoms with Gasteiger partial charge in [-0.2, -0.15) is 0 Å². The number of benzene rings is 1. The van der Waals surface area contributed by atoms with Crippen LogP contribution >= 0.6 is 0 Å². The minimum atomic E-state index is -0.250. The first-order chi connectivity index (χ1) is 15.5. The lowest BCUT2D eigenvalue weighted by molar-refractivity contribution is -0.140. The van der Waals surface area contributed by atoms with Gasteiger partial charge in [-0.3, -0.25) is 19.3 Å². The molecular weight excluding hydrogens is 410 g/mol. The van der Waals surface area contributed by atoms with Crippen molar-refractivity contribution in [2.24, 2.45) is 11.8 Å². The second-order valence-electron chi connectivity index (χ2n) is 8.36. The van der Waals surface area contributed by atoms with Crippen molar-refractivity contribution in [2.75, 3.05) is 45.2 Å². The number of hydrogen-bond acceptors (Lipinski definition) is 6. The average Bonchev–Trinajstić information content (AvgIpc) is 3.05. The Morgan fingerprint density at radius 1 is 1.09 bits per heavy atom. The van der Waals surface area contributed by atoms with Gasteiger partial charge in [0, 0.05) is 31.3 Å². The number of amides is 3. The molecule has 3 amide bonds. The molecule has 0 spiro atoms. The van der Waals surface area contributed by atoms with E-state index in [0.29, 0.717) is 23.8 Å². The second kappa shape index (κ2) is 11.3. The highest BCUT2D eigenvalue weighted by Gasteiger charge is 2.47. The van der Waals surface area contributed by atoms with Crippen LogP contribution in [-0.4, -0.2) is 67.4 Å². The summed E-state index contributed by atoms with van der Waals surface area (Å²) in [5.41, 5.74) is 0.585. The monoisotopic (exact) mass is 445 g/mol. The zero-order chi connectivity index (χ0) is 23.1. The molecule has 2 aliphatic rings. The highest BCUT2D eigenvalue weighted by molar-refractivity contribution is 6.05. The van der Waals surface area contributed by atoms with Gasteiger partial charge < -0.3 is 19.7 Å². The fourth-order valence-corrected chi connectivity index (χ4v) is 4.58. The van der Waals surface area contributed by atoms with E-state index in [1.54, 1.807) is 25.3 Å². The quantitative estimate of drug-likeness (QED) is 0.527. The third kappa shape index (κ3) is 5.59. The Morgan fingerprint density at radius 2 is 1.75 bits per heavy atom. The van der Waals surface area contributed by atoms with Crippen LogP contribution in [0.1, 0.15) is 46.0 Å². The van der Waals surface area contributed by atoms with Gasteiger partial charge in [0.2, 0.25) is 17.7 Å². The lowest BCUT2D eigenvalue weighted by Gasteiger charge is -2.19. The average molecular weight is 446 g/mol. The molecule has 0 radical (unpaired) electrons. The Bertz CT molecular complexity index is 800. The Hall–Kier alpha value is -2.61. The SMILES string of the molecule is CCN(CC)CCOc1cc(NC(=O)CCN2C(=O)C3CCCCC3C2=O)ccc1OC. The van der Waals surface area contributed by atoms with Gasteiger partial charge in [0.25, 0.3) is 0 Å². The highest BCUT2D eigenvalue weighted by atomic mass is 16.5. The summed E-state index contributed by atoms with van der Waals surface area (Å²) in [6.07, 6.45) is 3.61. The molecule has 32 heavy (non-hydrogen) atoms. The van der Waals surface area contributed by atoms with Gasteiger partial charge in [-0.05, 0) is 38.1 Å². The first-order valence-corrected chi connectivity index (χ1v) is 11.7. The number of methoxy groups -OCH3 is 1. The number of carbonyl (C=O) groups excluding carboxylic acids is 3. The van der Waals surface area contributed by atoms with Crippen LogP contribution in [0, 0.1) is 11.8 Å². The molecule has 0 bridgehead atoms. The van der Waals surface area contributed by atoms with Gasteiger partial charge in [0.1, 0.15) is 6.61 Å². The lowest BCUT2D eigenvalue weighted by Crippen LogP contribution is -2.34. The standard InChI is InChI=1S/C24H35N3O5/c1-4-26(5-2)14-15-32-21-16-17(10-11-20(21)31-3)25-22(28)12-13-27-23(29)18-8-6-7-9-19(18)24(27)30/h10-11,16,18-19H,4-9,12-15H2,1-3H3,(H,25,28). The van der Waals surface area contributed by atoms with E-state index in [2.05, 4.69) is 24.1 Å². The topological polar surface area (TPSA) is 88.2 Å². The Kier molecular flexibility index (Phi) is 8.50. The molecule has 1 N–H and O–H groups in total. The summed E-state index contributed by atoms with van der Waals surface area (Å²) in [5.74, 6) is 0.320. The fourth-order valence-electron chi connectivity index (χ4n) is 4.58. The van der Waals surface area contributed by atoms with E-state index in [9.17, 15) is 14.4 Å². The largest absolute Gasteiger partial charge is 0.493 e. The van der Waals surface area contributed by atoms with Crippen LogP contribution < -0.4 is 14.8 Å². The third-order valence-electron chi connectivity index (χ3n) is 6.50. The maximum atomic E-state index is 12.6. The first-order valence-electron chi connectivity index (χ1n) is 11.7. The van der Waals surface area contributed by atoms with Gasteiger partial charge >= 0.3 is 0 Å². The lowest BCUT2D eigenvalue weighted by atomic mass is 9.81. The van der Waals surface area contributed by atoms with E-state index in [4.69, 9.17) is 9.47 Å². The number of likely N-dealkylation sites (N-methyl/N-ethyl adjacent to an activating group) is 1. The molecule has 8 nitrogen and oxygen atoms in total. The van der Waals surface area contributed by atoms with Crippen LogP contribution in [0.2, 0.25) is 0 Å². The van der Waals surface area contributed by atoms with Crippen molar-refractivity contribution < 1.29 is 23.9 Å². The van der Waals surface area contributed by atoms with E-state index in [-0.39, 0.29) is 42.5 Å². The minimum Gasteiger partial charge on any atom is -0.493 e. The molecule has 2 atom stereocenters. The molecule has 0 aromatic heterocycles. The molecule has 2 fully saturated rings. The second-order valence-corrected chi connectivity index (χ2v) is 8.36. The van der Waals surface area contributed by atoms with Crippen molar-refractivity contribution in [2.45, 2.75) is 46.0 Å². The summed E-state index contributed by atoms with van der Waals surface area (Å²) < 4.78 is 11.3. The Morgan fingerprint density at radius 3 is 2.34 bits per heavy atom. The smallest absolute Gasteiger partial charge is 0.233 e. The van der Waals surface area contributed by atoms with Gasteiger partial charge in [0.05, 0.1) is 18.9 Å². The van der Waals surface area contributed by atoms with E-state index < -0.39 is 0 Å². The molecule has 1 aromatic carbocycles. The van der Waals surface area contributed by atoms with Crippen LogP contribution in [-0.2, 0) is 14.4 Å². The number of carbonyl (C=O) groups is 3. The fraction of sp³-hybridized carbons (Fsp3) is 0.625. The predicted octanol–water partition coefficient (Wildman–Crippen LogP) is 2.92. The number of fused-ring (bicyclic) bond motifs is 1.